The van der Waals surface area contributed by atoms with Crippen molar-refractivity contribution in [3.63, 3.8) is 0 Å². The summed E-state index contributed by atoms with van der Waals surface area (Å²) in [6.07, 6.45) is 0.858. The van der Waals surface area contributed by atoms with Crippen molar-refractivity contribution >= 4 is 34.2 Å². The van der Waals surface area contributed by atoms with E-state index in [1.165, 1.54) is 11.2 Å². The molecular weight excluding hydrogens is 396 g/mol. The van der Waals surface area contributed by atoms with E-state index in [0.717, 1.165) is 5.56 Å². The van der Waals surface area contributed by atoms with Gasteiger partial charge in [-0.25, -0.2) is 19.7 Å². The second kappa shape index (κ2) is 9.18. The van der Waals surface area contributed by atoms with Gasteiger partial charge in [-0.2, -0.15) is 0 Å². The van der Waals surface area contributed by atoms with Crippen molar-refractivity contribution in [2.24, 2.45) is 0 Å². The number of carbonyl (C=O) groups is 1. The van der Waals surface area contributed by atoms with Crippen molar-refractivity contribution < 1.29 is 19.0 Å². The Morgan fingerprint density at radius 3 is 2.58 bits per heavy atom. The van der Waals surface area contributed by atoms with Gasteiger partial charge < -0.3 is 19.9 Å². The molecule has 0 aliphatic carbocycles. The average molecular weight is 425 g/mol. The Bertz CT molecular complexity index is 1080. The smallest absolute Gasteiger partial charge is 0.420 e. The van der Waals surface area contributed by atoms with Gasteiger partial charge in [-0.3, -0.25) is 0 Å². The maximum atomic E-state index is 13.2. The van der Waals surface area contributed by atoms with Gasteiger partial charge in [0, 0.05) is 18.6 Å². The summed E-state index contributed by atoms with van der Waals surface area (Å²) in [7, 11) is 1.60. The van der Waals surface area contributed by atoms with Crippen LogP contribution in [0.25, 0.3) is 10.9 Å². The number of aryl methyl sites for hydroxylation is 1. The first-order valence-electron chi connectivity index (χ1n) is 9.95. The Balaban J connectivity index is 2.13. The highest BCUT2D eigenvalue weighted by molar-refractivity contribution is 6.04. The number of fused-ring (bicyclic) bond motifs is 1. The van der Waals surface area contributed by atoms with Gasteiger partial charge in [0.2, 0.25) is 0 Å². The van der Waals surface area contributed by atoms with Crippen LogP contribution in [0.15, 0.2) is 42.7 Å². The first-order valence-corrected chi connectivity index (χ1v) is 9.95. The van der Waals surface area contributed by atoms with E-state index in [9.17, 15) is 4.79 Å². The van der Waals surface area contributed by atoms with Crippen molar-refractivity contribution in [2.75, 3.05) is 31.0 Å². The maximum Gasteiger partial charge on any atom is 0.420 e. The third-order valence-electron chi connectivity index (χ3n) is 4.34. The predicted molar refractivity (Wildman–Crippen MR) is 121 cm³/mol. The van der Waals surface area contributed by atoms with Crippen molar-refractivity contribution in [1.82, 2.24) is 9.97 Å². The first kappa shape index (κ1) is 22.3. The number of amides is 1. The number of nitrogens with two attached hydrogens (primary N) is 1. The van der Waals surface area contributed by atoms with Crippen LogP contribution in [-0.2, 0) is 9.47 Å². The number of aromatic nitrogens is 2. The lowest BCUT2D eigenvalue weighted by Crippen LogP contribution is -2.34. The monoisotopic (exact) mass is 424 g/mol. The zero-order chi connectivity index (χ0) is 22.6. The molecule has 0 radical (unpaired) electrons. The van der Waals surface area contributed by atoms with E-state index in [-0.39, 0.29) is 0 Å². The van der Waals surface area contributed by atoms with Gasteiger partial charge in [0.1, 0.15) is 24.3 Å². The van der Waals surface area contributed by atoms with Crippen molar-refractivity contribution in [2.45, 2.75) is 33.3 Å². The summed E-state index contributed by atoms with van der Waals surface area (Å²) in [5, 5.41) is 0.603. The first-order chi connectivity index (χ1) is 14.7. The molecule has 2 aromatic carbocycles. The highest BCUT2D eigenvalue weighted by atomic mass is 16.6. The van der Waals surface area contributed by atoms with E-state index in [2.05, 4.69) is 9.97 Å². The molecule has 0 aliphatic rings. The summed E-state index contributed by atoms with van der Waals surface area (Å²) in [6.45, 7) is 8.21. The molecule has 8 nitrogen and oxygen atoms in total. The van der Waals surface area contributed by atoms with Gasteiger partial charge in [0.25, 0.3) is 0 Å². The molecule has 8 heteroatoms. The number of ether oxygens (including phenoxy) is 3. The molecule has 0 bridgehead atoms. The second-order valence-electron chi connectivity index (χ2n) is 8.10. The van der Waals surface area contributed by atoms with Gasteiger partial charge in [0.15, 0.2) is 5.82 Å². The topological polar surface area (TPSA) is 99.8 Å². The molecule has 0 spiro atoms. The number of rotatable bonds is 6. The fourth-order valence-corrected chi connectivity index (χ4v) is 3.01. The normalized spacial score (nSPS) is 11.4. The highest BCUT2D eigenvalue weighted by Gasteiger charge is 2.28. The Labute approximate surface area is 181 Å². The average Bonchev–Trinajstić information content (AvgIpc) is 2.68. The van der Waals surface area contributed by atoms with Crippen LogP contribution in [0.3, 0.4) is 0 Å². The summed E-state index contributed by atoms with van der Waals surface area (Å²) in [5.74, 6) is 0.869. The van der Waals surface area contributed by atoms with E-state index in [1.54, 1.807) is 19.2 Å². The van der Waals surface area contributed by atoms with Crippen molar-refractivity contribution in [1.29, 1.82) is 0 Å². The number of carbonyl (C=O) groups excluding carboxylic acids is 1. The van der Waals surface area contributed by atoms with Crippen LogP contribution in [-0.4, -0.2) is 42.0 Å². The number of nitrogens with zero attached hydrogens (tertiary/aromatic N) is 3. The lowest BCUT2D eigenvalue weighted by molar-refractivity contribution is 0.0598. The van der Waals surface area contributed by atoms with Crippen LogP contribution >= 0.6 is 0 Å². The van der Waals surface area contributed by atoms with Crippen LogP contribution in [0.5, 0.6) is 5.75 Å². The number of nitrogen functional groups attached to an aromatic ring is 1. The number of anilines is 3. The summed E-state index contributed by atoms with van der Waals surface area (Å²) >= 11 is 0. The van der Waals surface area contributed by atoms with Crippen molar-refractivity contribution in [3.05, 3.63) is 48.3 Å². The van der Waals surface area contributed by atoms with E-state index < -0.39 is 11.7 Å². The largest absolute Gasteiger partial charge is 0.489 e. The van der Waals surface area contributed by atoms with Gasteiger partial charge in [-0.15, -0.1) is 0 Å². The van der Waals surface area contributed by atoms with E-state index in [4.69, 9.17) is 19.9 Å². The lowest BCUT2D eigenvalue weighted by Gasteiger charge is -2.27. The molecular formula is C23H28N4O4. The molecule has 164 valence electrons. The second-order valence-corrected chi connectivity index (χ2v) is 8.10. The summed E-state index contributed by atoms with van der Waals surface area (Å²) < 4.78 is 16.4. The molecule has 1 heterocycles. The molecule has 3 rings (SSSR count). The number of hydrogen-bond donors (Lipinski definition) is 1. The molecule has 0 atom stereocenters. The van der Waals surface area contributed by atoms with Gasteiger partial charge in [-0.1, -0.05) is 12.1 Å². The molecule has 1 aromatic heterocycles. The fraction of sp³-hybridized carbons (Fsp3) is 0.348. The molecule has 1 amide bonds. The molecule has 0 fully saturated rings. The number of methoxy groups -OCH3 is 1. The Kier molecular flexibility index (Phi) is 6.60. The molecule has 31 heavy (non-hydrogen) atoms. The quantitative estimate of drug-likeness (QED) is 0.455. The molecule has 0 unspecified atom stereocenters. The minimum Gasteiger partial charge on any atom is -0.489 e. The Hall–Kier alpha value is -3.39. The standard InChI is InChI=1S/C23H28N4O4/c1-15-7-6-8-16(11-15)27(22(28)31-23(2,3)4)21-17-12-18(24)20(30-10-9-29-5)13-19(17)25-14-26-21/h6-8,11-14H,9-10,24H2,1-5H3. The van der Waals surface area contributed by atoms with Gasteiger partial charge in [-0.05, 0) is 51.5 Å². The van der Waals surface area contributed by atoms with Gasteiger partial charge in [0.05, 0.1) is 23.5 Å². The third kappa shape index (κ3) is 5.40. The molecule has 0 saturated heterocycles. The van der Waals surface area contributed by atoms with E-state index in [0.29, 0.717) is 47.1 Å². The highest BCUT2D eigenvalue weighted by Crippen LogP contribution is 2.35. The number of hydrogen-bond acceptors (Lipinski definition) is 7. The predicted octanol–water partition coefficient (Wildman–Crippen LogP) is 4.62. The summed E-state index contributed by atoms with van der Waals surface area (Å²) in [6, 6.07) is 11.0. The Morgan fingerprint density at radius 1 is 1.13 bits per heavy atom. The molecule has 0 saturated carbocycles. The number of benzene rings is 2. The van der Waals surface area contributed by atoms with Crippen LogP contribution in [0.1, 0.15) is 26.3 Å². The van der Waals surface area contributed by atoms with Crippen LogP contribution < -0.4 is 15.4 Å². The zero-order valence-corrected chi connectivity index (χ0v) is 18.5. The van der Waals surface area contributed by atoms with E-state index >= 15 is 0 Å². The van der Waals surface area contributed by atoms with Gasteiger partial charge >= 0.3 is 6.09 Å². The summed E-state index contributed by atoms with van der Waals surface area (Å²) in [4.78, 5) is 23.4. The third-order valence-corrected chi connectivity index (χ3v) is 4.34. The zero-order valence-electron chi connectivity index (χ0n) is 18.5. The maximum absolute atomic E-state index is 13.2. The molecule has 3 aromatic rings. The fourth-order valence-electron chi connectivity index (χ4n) is 3.01. The minimum absolute atomic E-state index is 0.359. The molecule has 0 aliphatic heterocycles. The Morgan fingerprint density at radius 2 is 1.90 bits per heavy atom. The van der Waals surface area contributed by atoms with Crippen LogP contribution in [0.2, 0.25) is 0 Å². The minimum atomic E-state index is -0.677. The molecule has 2 N–H and O–H groups in total. The van der Waals surface area contributed by atoms with E-state index in [1.807, 2.05) is 52.0 Å². The summed E-state index contributed by atoms with van der Waals surface area (Å²) in [5.41, 5.74) is 8.18. The van der Waals surface area contributed by atoms with Crippen LogP contribution in [0.4, 0.5) is 22.0 Å². The lowest BCUT2D eigenvalue weighted by atomic mass is 10.1. The van der Waals surface area contributed by atoms with Crippen LogP contribution in [0, 0.1) is 6.92 Å². The SMILES string of the molecule is COCCOc1cc2ncnc(N(C(=O)OC(C)(C)C)c3cccc(C)c3)c2cc1N. The van der Waals surface area contributed by atoms with Crippen molar-refractivity contribution in [3.8, 4) is 5.75 Å².